The number of hydroxylamine groups is 1. The van der Waals surface area contributed by atoms with Crippen molar-refractivity contribution in [3.63, 3.8) is 0 Å². The molecule has 18 heavy (non-hydrogen) atoms. The number of carbonyl (C=O) groups excluding carboxylic acids is 1. The summed E-state index contributed by atoms with van der Waals surface area (Å²) in [5.41, 5.74) is 4.94. The summed E-state index contributed by atoms with van der Waals surface area (Å²) in [6.07, 6.45) is 0. The summed E-state index contributed by atoms with van der Waals surface area (Å²) in [5.74, 6) is -0.318. The van der Waals surface area contributed by atoms with Gasteiger partial charge in [0.25, 0.3) is 0 Å². The smallest absolute Gasteiger partial charge is 0.313 e. The summed E-state index contributed by atoms with van der Waals surface area (Å²) in [6.45, 7) is 4.18. The Morgan fingerprint density at radius 2 is 2.11 bits per heavy atom. The zero-order valence-electron chi connectivity index (χ0n) is 10.3. The van der Waals surface area contributed by atoms with E-state index in [0.717, 1.165) is 11.1 Å². The minimum Gasteiger partial charge on any atom is -0.350 e. The summed E-state index contributed by atoms with van der Waals surface area (Å²) in [7, 11) is 0. The Labute approximate surface area is 105 Å². The second-order valence-electron chi connectivity index (χ2n) is 3.81. The Kier molecular flexibility index (Phi) is 3.74. The van der Waals surface area contributed by atoms with E-state index in [1.807, 2.05) is 31.2 Å². The van der Waals surface area contributed by atoms with Gasteiger partial charge in [-0.05, 0) is 13.8 Å². The third-order valence-electron chi connectivity index (χ3n) is 2.39. The third kappa shape index (κ3) is 2.75. The first kappa shape index (κ1) is 12.3. The number of aromatic nitrogens is 1. The summed E-state index contributed by atoms with van der Waals surface area (Å²) in [5, 5.41) is 3.85. The molecule has 2 aromatic rings. The highest BCUT2D eigenvalue weighted by Crippen LogP contribution is 2.19. The van der Waals surface area contributed by atoms with E-state index in [-0.39, 0.29) is 5.76 Å². The van der Waals surface area contributed by atoms with Crippen LogP contribution in [-0.4, -0.2) is 17.7 Å². The average molecular weight is 246 g/mol. The van der Waals surface area contributed by atoms with E-state index in [9.17, 15) is 4.79 Å². The number of hydrogen-bond acceptors (Lipinski definition) is 4. The van der Waals surface area contributed by atoms with E-state index in [0.29, 0.717) is 12.3 Å². The van der Waals surface area contributed by atoms with Gasteiger partial charge in [-0.3, -0.25) is 9.63 Å². The number of nitrogens with zero attached hydrogens (tertiary/aromatic N) is 1. The first-order valence-electron chi connectivity index (χ1n) is 5.66. The third-order valence-corrected chi connectivity index (χ3v) is 2.39. The molecule has 0 saturated heterocycles. The quantitative estimate of drug-likeness (QED) is 0.841. The summed E-state index contributed by atoms with van der Waals surface area (Å²) in [6, 6.07) is 9.39. The van der Waals surface area contributed by atoms with Crippen molar-refractivity contribution < 1.29 is 14.2 Å². The number of hydrogen-bond donors (Lipinski definition) is 1. The highest BCUT2D eigenvalue weighted by molar-refractivity contribution is 5.91. The lowest BCUT2D eigenvalue weighted by Crippen LogP contribution is -2.22. The molecular weight excluding hydrogens is 232 g/mol. The van der Waals surface area contributed by atoms with Gasteiger partial charge in [-0.15, -0.1) is 0 Å². The van der Waals surface area contributed by atoms with Crippen LogP contribution in [0.25, 0.3) is 11.3 Å². The van der Waals surface area contributed by atoms with Crippen molar-refractivity contribution in [3.05, 3.63) is 41.7 Å². The molecule has 0 bridgehead atoms. The summed E-state index contributed by atoms with van der Waals surface area (Å²) < 4.78 is 4.97. The molecular formula is C13H14N2O3. The molecule has 1 heterocycles. The number of aryl methyl sites for hydroxylation is 1. The van der Waals surface area contributed by atoms with Gasteiger partial charge in [0, 0.05) is 11.6 Å². The van der Waals surface area contributed by atoms with Crippen molar-refractivity contribution in [2.45, 2.75) is 13.8 Å². The van der Waals surface area contributed by atoms with E-state index in [1.165, 1.54) is 0 Å². The Morgan fingerprint density at radius 3 is 2.78 bits per heavy atom. The summed E-state index contributed by atoms with van der Waals surface area (Å²) in [4.78, 5) is 16.3. The largest absolute Gasteiger partial charge is 0.350 e. The van der Waals surface area contributed by atoms with Crippen LogP contribution in [0.15, 0.2) is 34.9 Å². The zero-order chi connectivity index (χ0) is 13.0. The molecule has 0 aliphatic carbocycles. The summed E-state index contributed by atoms with van der Waals surface area (Å²) >= 11 is 0. The fourth-order valence-electron chi connectivity index (χ4n) is 1.43. The van der Waals surface area contributed by atoms with Crippen molar-refractivity contribution in [2.75, 3.05) is 6.61 Å². The maximum atomic E-state index is 11.5. The molecule has 0 saturated carbocycles. The van der Waals surface area contributed by atoms with Gasteiger partial charge in [0.15, 0.2) is 0 Å². The Bertz CT molecular complexity index is 531. The van der Waals surface area contributed by atoms with Gasteiger partial charge < -0.3 is 4.52 Å². The predicted octanol–water partition coefficient (Wildman–Crippen LogP) is 2.33. The van der Waals surface area contributed by atoms with Gasteiger partial charge in [0.1, 0.15) is 5.69 Å². The highest BCUT2D eigenvalue weighted by Gasteiger charge is 2.13. The van der Waals surface area contributed by atoms with Crippen LogP contribution in [0.1, 0.15) is 23.0 Å². The Hall–Kier alpha value is -2.14. The van der Waals surface area contributed by atoms with Crippen LogP contribution in [0.5, 0.6) is 0 Å². The van der Waals surface area contributed by atoms with Gasteiger partial charge in [-0.25, -0.2) is 5.48 Å². The van der Waals surface area contributed by atoms with Crippen molar-refractivity contribution in [1.82, 2.24) is 10.6 Å². The number of benzene rings is 1. The lowest BCUT2D eigenvalue weighted by Gasteiger charge is -1.98. The molecule has 1 N–H and O–H groups in total. The van der Waals surface area contributed by atoms with Crippen molar-refractivity contribution >= 4 is 5.91 Å². The number of amides is 1. The molecule has 94 valence electrons. The molecule has 0 atom stereocenters. The maximum Gasteiger partial charge on any atom is 0.313 e. The van der Waals surface area contributed by atoms with Crippen molar-refractivity contribution in [1.29, 1.82) is 0 Å². The molecule has 0 unspecified atom stereocenters. The van der Waals surface area contributed by atoms with E-state index < -0.39 is 5.91 Å². The minimum atomic E-state index is -0.442. The minimum absolute atomic E-state index is 0.124. The lowest BCUT2D eigenvalue weighted by atomic mass is 10.1. The first-order chi connectivity index (χ1) is 8.70. The fourth-order valence-corrected chi connectivity index (χ4v) is 1.43. The van der Waals surface area contributed by atoms with Crippen LogP contribution < -0.4 is 5.48 Å². The van der Waals surface area contributed by atoms with Gasteiger partial charge in [0.2, 0.25) is 5.76 Å². The molecule has 0 spiro atoms. The van der Waals surface area contributed by atoms with Crippen molar-refractivity contribution in [2.24, 2.45) is 0 Å². The van der Waals surface area contributed by atoms with Crippen LogP contribution in [-0.2, 0) is 4.84 Å². The molecule has 0 aliphatic heterocycles. The molecule has 5 nitrogen and oxygen atoms in total. The topological polar surface area (TPSA) is 64.4 Å². The maximum absolute atomic E-state index is 11.5. The molecule has 1 aromatic carbocycles. The van der Waals surface area contributed by atoms with Crippen LogP contribution in [0, 0.1) is 6.92 Å². The fraction of sp³-hybridized carbons (Fsp3) is 0.231. The van der Waals surface area contributed by atoms with Crippen LogP contribution in [0.4, 0.5) is 0 Å². The SMILES string of the molecule is CCONC(=O)c1cc(-c2ccc(C)cc2)no1. The van der Waals surface area contributed by atoms with Crippen molar-refractivity contribution in [3.8, 4) is 11.3 Å². The lowest BCUT2D eigenvalue weighted by molar-refractivity contribution is 0.0334. The highest BCUT2D eigenvalue weighted by atomic mass is 16.7. The molecule has 2 rings (SSSR count). The van der Waals surface area contributed by atoms with E-state index in [2.05, 4.69) is 10.6 Å². The van der Waals surface area contributed by atoms with Gasteiger partial charge in [-0.1, -0.05) is 35.0 Å². The average Bonchev–Trinajstić information content (AvgIpc) is 2.86. The van der Waals surface area contributed by atoms with Crippen LogP contribution >= 0.6 is 0 Å². The standard InChI is InChI=1S/C13H14N2O3/c1-3-17-15-13(16)12-8-11(14-18-12)10-6-4-9(2)5-7-10/h4-8H,3H2,1-2H3,(H,15,16). The Morgan fingerprint density at radius 1 is 1.39 bits per heavy atom. The molecule has 0 aliphatic rings. The molecule has 0 fully saturated rings. The first-order valence-corrected chi connectivity index (χ1v) is 5.66. The molecule has 1 aromatic heterocycles. The second-order valence-corrected chi connectivity index (χ2v) is 3.81. The van der Waals surface area contributed by atoms with Crippen LogP contribution in [0.3, 0.4) is 0 Å². The predicted molar refractivity (Wildman–Crippen MR) is 65.8 cm³/mol. The van der Waals surface area contributed by atoms with Crippen LogP contribution in [0.2, 0.25) is 0 Å². The number of carbonyl (C=O) groups is 1. The molecule has 5 heteroatoms. The second kappa shape index (κ2) is 5.46. The number of rotatable bonds is 4. The van der Waals surface area contributed by atoms with Gasteiger partial charge in [0.05, 0.1) is 6.61 Å². The Balaban J connectivity index is 2.15. The monoisotopic (exact) mass is 246 g/mol. The molecule has 1 amide bonds. The van der Waals surface area contributed by atoms with Gasteiger partial charge >= 0.3 is 5.91 Å². The van der Waals surface area contributed by atoms with E-state index in [4.69, 9.17) is 9.36 Å². The van der Waals surface area contributed by atoms with Gasteiger partial charge in [-0.2, -0.15) is 0 Å². The van der Waals surface area contributed by atoms with E-state index in [1.54, 1.807) is 13.0 Å². The number of nitrogens with one attached hydrogen (secondary N) is 1. The van der Waals surface area contributed by atoms with E-state index >= 15 is 0 Å². The zero-order valence-corrected chi connectivity index (χ0v) is 10.3. The molecule has 0 radical (unpaired) electrons. The normalized spacial score (nSPS) is 10.3.